The molecule has 0 aromatic carbocycles. The molecular weight excluding hydrogens is 350 g/mol. The number of aryl methyl sites for hydroxylation is 1. The van der Waals surface area contributed by atoms with Crippen LogP contribution < -0.4 is 0 Å². The number of nitrogens with zero attached hydrogens (tertiary/aromatic N) is 3. The molecule has 0 saturated carbocycles. The van der Waals surface area contributed by atoms with Crippen molar-refractivity contribution in [2.45, 2.75) is 76.8 Å². The van der Waals surface area contributed by atoms with Gasteiger partial charge in [-0.2, -0.15) is 0 Å². The molecule has 5 rings (SSSR count). The highest BCUT2D eigenvalue weighted by atomic mass is 16.8. The van der Waals surface area contributed by atoms with Crippen LogP contribution in [0.2, 0.25) is 0 Å². The summed E-state index contributed by atoms with van der Waals surface area (Å²) in [4.78, 5) is 8.74. The van der Waals surface area contributed by atoms with Gasteiger partial charge >= 0.3 is 0 Å². The second-order valence-corrected chi connectivity index (χ2v) is 8.34. The molecule has 5 heterocycles. The molecule has 3 aliphatic rings. The van der Waals surface area contributed by atoms with E-state index >= 15 is 0 Å². The minimum atomic E-state index is -0.682. The van der Waals surface area contributed by atoms with Crippen LogP contribution in [0.4, 0.5) is 0 Å². The van der Waals surface area contributed by atoms with Crippen LogP contribution >= 0.6 is 0 Å². The first-order valence-electron chi connectivity index (χ1n) is 9.35. The van der Waals surface area contributed by atoms with Crippen LogP contribution in [0.5, 0.6) is 0 Å². The Morgan fingerprint density at radius 2 is 1.78 bits per heavy atom. The van der Waals surface area contributed by atoms with Crippen LogP contribution in [0.3, 0.4) is 0 Å². The minimum Gasteiger partial charge on any atom is -0.348 e. The zero-order valence-corrected chi connectivity index (χ0v) is 16.2. The maximum atomic E-state index is 6.44. The van der Waals surface area contributed by atoms with Crippen molar-refractivity contribution < 1.29 is 23.7 Å². The fraction of sp³-hybridized carbons (Fsp3) is 0.684. The molecule has 3 aliphatic heterocycles. The molecule has 0 amide bonds. The van der Waals surface area contributed by atoms with Crippen molar-refractivity contribution in [1.29, 1.82) is 0 Å². The summed E-state index contributed by atoms with van der Waals surface area (Å²) in [5.74, 6) is -1.31. The number of fused-ring (bicyclic) bond motifs is 2. The molecular formula is C19H25N3O5. The average molecular weight is 375 g/mol. The Morgan fingerprint density at radius 1 is 1.00 bits per heavy atom. The van der Waals surface area contributed by atoms with Crippen molar-refractivity contribution in [3.8, 4) is 0 Å². The van der Waals surface area contributed by atoms with E-state index < -0.39 is 11.6 Å². The summed E-state index contributed by atoms with van der Waals surface area (Å²) in [6.45, 7) is 10.1. The van der Waals surface area contributed by atoms with E-state index in [0.717, 1.165) is 16.7 Å². The first-order chi connectivity index (χ1) is 12.7. The molecule has 2 aromatic heterocycles. The standard InChI is InChI=1S/C19H25N3O5/c1-10-11-6-7-22(16(11)21-9-20-10)17-15-14(26-19(4,5)27-15)13(24-17)12-8-23-18(2,3)25-12/h6-7,9,12-15,17H,8H2,1-5H3/t12-,13+,14-,15?,17-/m1/s1. The predicted molar refractivity (Wildman–Crippen MR) is 94.9 cm³/mol. The zero-order chi connectivity index (χ0) is 19.0. The summed E-state index contributed by atoms with van der Waals surface area (Å²) in [7, 11) is 0. The summed E-state index contributed by atoms with van der Waals surface area (Å²) in [5.41, 5.74) is 1.76. The van der Waals surface area contributed by atoms with Gasteiger partial charge in [0.25, 0.3) is 0 Å². The van der Waals surface area contributed by atoms with Crippen LogP contribution in [-0.2, 0) is 23.7 Å². The quantitative estimate of drug-likeness (QED) is 0.797. The highest BCUT2D eigenvalue weighted by molar-refractivity contribution is 5.78. The summed E-state index contributed by atoms with van der Waals surface area (Å²) in [6.07, 6.45) is 2.18. The SMILES string of the molecule is Cc1ncnc2c1ccn2[C@@H]1O[C@@H]([C@H]2COC(C)(C)O2)[C@H]2OC(C)(C)OC12. The number of ether oxygens (including phenoxy) is 5. The fourth-order valence-electron chi connectivity index (χ4n) is 4.31. The summed E-state index contributed by atoms with van der Waals surface area (Å²) in [6, 6.07) is 2.01. The van der Waals surface area contributed by atoms with Gasteiger partial charge in [-0.25, -0.2) is 9.97 Å². The lowest BCUT2D eigenvalue weighted by atomic mass is 10.1. The van der Waals surface area contributed by atoms with E-state index in [1.807, 2.05) is 51.4 Å². The molecule has 3 saturated heterocycles. The van der Waals surface area contributed by atoms with E-state index in [2.05, 4.69) is 9.97 Å². The summed E-state index contributed by atoms with van der Waals surface area (Å²) < 4.78 is 32.7. The molecule has 3 fully saturated rings. The van der Waals surface area contributed by atoms with Crippen LogP contribution in [0.25, 0.3) is 11.0 Å². The lowest BCUT2D eigenvalue weighted by Gasteiger charge is -2.27. The van der Waals surface area contributed by atoms with Crippen LogP contribution in [0.1, 0.15) is 39.6 Å². The van der Waals surface area contributed by atoms with E-state index in [1.165, 1.54) is 0 Å². The van der Waals surface area contributed by atoms with E-state index in [-0.39, 0.29) is 30.6 Å². The van der Waals surface area contributed by atoms with Gasteiger partial charge in [-0.05, 0) is 40.7 Å². The fourth-order valence-corrected chi connectivity index (χ4v) is 4.31. The van der Waals surface area contributed by atoms with Crippen molar-refractivity contribution >= 4 is 11.0 Å². The molecule has 0 N–H and O–H groups in total. The van der Waals surface area contributed by atoms with E-state index in [0.29, 0.717) is 6.61 Å². The molecule has 8 heteroatoms. The molecule has 2 aromatic rings. The molecule has 0 bridgehead atoms. The van der Waals surface area contributed by atoms with Gasteiger partial charge < -0.3 is 28.3 Å². The van der Waals surface area contributed by atoms with Gasteiger partial charge in [0.05, 0.1) is 12.3 Å². The van der Waals surface area contributed by atoms with Crippen molar-refractivity contribution in [2.24, 2.45) is 0 Å². The second kappa shape index (κ2) is 5.71. The largest absolute Gasteiger partial charge is 0.348 e. The van der Waals surface area contributed by atoms with Crippen LogP contribution in [-0.4, -0.2) is 57.1 Å². The number of hydrogen-bond acceptors (Lipinski definition) is 7. The van der Waals surface area contributed by atoms with Gasteiger partial charge in [0.2, 0.25) is 0 Å². The lowest BCUT2D eigenvalue weighted by Crippen LogP contribution is -2.40. The monoisotopic (exact) mass is 375 g/mol. The Bertz CT molecular complexity index is 879. The van der Waals surface area contributed by atoms with Gasteiger partial charge in [-0.3, -0.25) is 0 Å². The molecule has 146 valence electrons. The van der Waals surface area contributed by atoms with E-state index in [1.54, 1.807) is 6.33 Å². The molecule has 5 atom stereocenters. The van der Waals surface area contributed by atoms with Gasteiger partial charge in [-0.1, -0.05) is 0 Å². The lowest BCUT2D eigenvalue weighted by molar-refractivity contribution is -0.215. The second-order valence-electron chi connectivity index (χ2n) is 8.34. The Balaban J connectivity index is 1.52. The van der Waals surface area contributed by atoms with Gasteiger partial charge in [0.15, 0.2) is 17.8 Å². The topological polar surface area (TPSA) is 76.9 Å². The van der Waals surface area contributed by atoms with Gasteiger partial charge in [-0.15, -0.1) is 0 Å². The smallest absolute Gasteiger partial charge is 0.164 e. The Kier molecular flexibility index (Phi) is 3.71. The van der Waals surface area contributed by atoms with Crippen molar-refractivity contribution in [3.63, 3.8) is 0 Å². The Hall–Kier alpha value is -1.58. The molecule has 1 unspecified atom stereocenters. The third kappa shape index (κ3) is 2.78. The van der Waals surface area contributed by atoms with E-state index in [9.17, 15) is 0 Å². The first kappa shape index (κ1) is 17.5. The summed E-state index contributed by atoms with van der Waals surface area (Å²) in [5, 5.41) is 1.00. The van der Waals surface area contributed by atoms with E-state index in [4.69, 9.17) is 23.7 Å². The third-order valence-corrected chi connectivity index (χ3v) is 5.44. The highest BCUT2D eigenvalue weighted by Gasteiger charge is 2.59. The number of rotatable bonds is 2. The third-order valence-electron chi connectivity index (χ3n) is 5.44. The minimum absolute atomic E-state index is 0.215. The normalized spacial score (nSPS) is 37.1. The molecule has 0 aliphatic carbocycles. The maximum Gasteiger partial charge on any atom is 0.164 e. The molecule has 0 spiro atoms. The van der Waals surface area contributed by atoms with Crippen LogP contribution in [0, 0.1) is 6.92 Å². The Labute approximate surface area is 157 Å². The number of hydrogen-bond donors (Lipinski definition) is 0. The summed E-state index contributed by atoms with van der Waals surface area (Å²) >= 11 is 0. The predicted octanol–water partition coefficient (Wildman–Crippen LogP) is 2.31. The molecule has 8 nitrogen and oxygen atoms in total. The maximum absolute atomic E-state index is 6.44. The average Bonchev–Trinajstić information content (AvgIpc) is 3.29. The zero-order valence-electron chi connectivity index (χ0n) is 16.2. The highest BCUT2D eigenvalue weighted by Crippen LogP contribution is 2.46. The van der Waals surface area contributed by atoms with Crippen molar-refractivity contribution in [1.82, 2.24) is 14.5 Å². The van der Waals surface area contributed by atoms with Crippen molar-refractivity contribution in [2.75, 3.05) is 6.61 Å². The van der Waals surface area contributed by atoms with Gasteiger partial charge in [0.1, 0.15) is 36.4 Å². The molecule has 27 heavy (non-hydrogen) atoms. The van der Waals surface area contributed by atoms with Gasteiger partial charge in [0, 0.05) is 11.6 Å². The van der Waals surface area contributed by atoms with Crippen molar-refractivity contribution in [3.05, 3.63) is 24.3 Å². The Morgan fingerprint density at radius 3 is 2.52 bits per heavy atom. The van der Waals surface area contributed by atoms with Crippen LogP contribution in [0.15, 0.2) is 18.6 Å². The number of aromatic nitrogens is 3. The molecule has 0 radical (unpaired) electrons. The first-order valence-corrected chi connectivity index (χ1v) is 9.35.